The van der Waals surface area contributed by atoms with Crippen LogP contribution >= 0.6 is 0 Å². The summed E-state index contributed by atoms with van der Waals surface area (Å²) < 4.78 is 22.7. The van der Waals surface area contributed by atoms with Crippen LogP contribution in [0, 0.1) is 5.92 Å². The Kier molecular flexibility index (Phi) is 4.80. The summed E-state index contributed by atoms with van der Waals surface area (Å²) in [6, 6.07) is 0.291. The highest BCUT2D eigenvalue weighted by molar-refractivity contribution is 7.91. The van der Waals surface area contributed by atoms with Crippen LogP contribution in [-0.4, -0.2) is 32.5 Å². The van der Waals surface area contributed by atoms with Crippen LogP contribution in [0.1, 0.15) is 26.2 Å². The van der Waals surface area contributed by atoms with Gasteiger partial charge in [0.1, 0.15) is 0 Å². The van der Waals surface area contributed by atoms with Crippen molar-refractivity contribution in [3.63, 3.8) is 0 Å². The Balaban J connectivity index is 2.52. The highest BCUT2D eigenvalue weighted by Crippen LogP contribution is 2.23. The maximum absolute atomic E-state index is 11.4. The summed E-state index contributed by atoms with van der Waals surface area (Å²) in [4.78, 5) is 0. The lowest BCUT2D eigenvalue weighted by atomic mass is 9.96. The molecular formula is C11H21NO2S. The van der Waals surface area contributed by atoms with Gasteiger partial charge in [-0.25, -0.2) is 8.42 Å². The second kappa shape index (κ2) is 5.66. The predicted octanol–water partition coefficient (Wildman–Crippen LogP) is 1.37. The molecule has 0 spiro atoms. The standard InChI is InChI=1S/C11H21NO2S/c1-3-5-11(12-7-4-2)10-6-8-15(13,14)9-10/h3,10-12H,1,4-9H2,2H3. The minimum absolute atomic E-state index is 0.277. The molecule has 15 heavy (non-hydrogen) atoms. The van der Waals surface area contributed by atoms with Crippen LogP contribution < -0.4 is 5.32 Å². The zero-order valence-electron chi connectivity index (χ0n) is 9.41. The van der Waals surface area contributed by atoms with Crippen LogP contribution in [0.15, 0.2) is 12.7 Å². The molecule has 0 aromatic heterocycles. The fourth-order valence-electron chi connectivity index (χ4n) is 2.09. The van der Waals surface area contributed by atoms with Gasteiger partial charge in [0.05, 0.1) is 11.5 Å². The van der Waals surface area contributed by atoms with Crippen molar-refractivity contribution in [1.82, 2.24) is 5.32 Å². The Morgan fingerprint density at radius 2 is 2.33 bits per heavy atom. The van der Waals surface area contributed by atoms with Crippen LogP contribution in [0.2, 0.25) is 0 Å². The molecule has 1 N–H and O–H groups in total. The van der Waals surface area contributed by atoms with Crippen LogP contribution in [0.3, 0.4) is 0 Å². The molecule has 0 radical (unpaired) electrons. The monoisotopic (exact) mass is 231 g/mol. The first-order valence-corrected chi connectivity index (χ1v) is 7.46. The molecule has 1 fully saturated rings. The molecule has 4 heteroatoms. The first-order chi connectivity index (χ1) is 7.09. The van der Waals surface area contributed by atoms with E-state index < -0.39 is 9.84 Å². The third-order valence-electron chi connectivity index (χ3n) is 2.91. The topological polar surface area (TPSA) is 46.2 Å². The quantitative estimate of drug-likeness (QED) is 0.702. The largest absolute Gasteiger partial charge is 0.313 e. The van der Waals surface area contributed by atoms with E-state index in [1.54, 1.807) is 0 Å². The van der Waals surface area contributed by atoms with Gasteiger partial charge in [-0.05, 0) is 31.7 Å². The first kappa shape index (κ1) is 12.7. The normalized spacial score (nSPS) is 26.3. The number of nitrogens with one attached hydrogen (secondary N) is 1. The first-order valence-electron chi connectivity index (χ1n) is 5.63. The minimum Gasteiger partial charge on any atom is -0.313 e. The van der Waals surface area contributed by atoms with E-state index in [-0.39, 0.29) is 5.92 Å². The van der Waals surface area contributed by atoms with Gasteiger partial charge in [0.25, 0.3) is 0 Å². The summed E-state index contributed by atoms with van der Waals surface area (Å²) in [6.45, 7) is 6.79. The van der Waals surface area contributed by atoms with Crippen molar-refractivity contribution in [2.75, 3.05) is 18.1 Å². The van der Waals surface area contributed by atoms with Gasteiger partial charge < -0.3 is 5.32 Å². The number of hydrogen-bond donors (Lipinski definition) is 1. The van der Waals surface area contributed by atoms with Crippen molar-refractivity contribution in [1.29, 1.82) is 0 Å². The Hall–Kier alpha value is -0.350. The zero-order chi connectivity index (χ0) is 11.3. The Labute approximate surface area is 92.9 Å². The Bertz CT molecular complexity index is 298. The summed E-state index contributed by atoms with van der Waals surface area (Å²) >= 11 is 0. The minimum atomic E-state index is -2.76. The molecule has 0 aliphatic carbocycles. The van der Waals surface area contributed by atoms with Crippen molar-refractivity contribution in [2.45, 2.75) is 32.2 Å². The third-order valence-corrected chi connectivity index (χ3v) is 4.71. The summed E-state index contributed by atoms with van der Waals surface area (Å²) in [7, 11) is -2.76. The molecule has 88 valence electrons. The molecular weight excluding hydrogens is 210 g/mol. The van der Waals surface area contributed by atoms with Crippen LogP contribution in [-0.2, 0) is 9.84 Å². The van der Waals surface area contributed by atoms with Crippen LogP contribution in [0.4, 0.5) is 0 Å². The van der Waals surface area contributed by atoms with E-state index in [9.17, 15) is 8.42 Å². The van der Waals surface area contributed by atoms with Crippen molar-refractivity contribution in [2.24, 2.45) is 5.92 Å². The molecule has 2 atom stereocenters. The lowest BCUT2D eigenvalue weighted by Crippen LogP contribution is -2.37. The van der Waals surface area contributed by atoms with E-state index in [0.29, 0.717) is 17.5 Å². The van der Waals surface area contributed by atoms with Gasteiger partial charge in [-0.3, -0.25) is 0 Å². The van der Waals surface area contributed by atoms with Crippen molar-refractivity contribution < 1.29 is 8.42 Å². The second-order valence-corrected chi connectivity index (χ2v) is 6.48. The van der Waals surface area contributed by atoms with Gasteiger partial charge in [0, 0.05) is 6.04 Å². The second-order valence-electron chi connectivity index (χ2n) is 4.25. The SMILES string of the molecule is C=CCC(NCCC)C1CCS(=O)(=O)C1. The van der Waals surface area contributed by atoms with E-state index in [1.807, 2.05) is 6.08 Å². The Morgan fingerprint density at radius 3 is 2.80 bits per heavy atom. The van der Waals surface area contributed by atoms with Gasteiger partial charge in [-0.15, -0.1) is 6.58 Å². The molecule has 0 bridgehead atoms. The molecule has 1 heterocycles. The van der Waals surface area contributed by atoms with Gasteiger partial charge in [0.2, 0.25) is 0 Å². The van der Waals surface area contributed by atoms with Crippen molar-refractivity contribution in [3.05, 3.63) is 12.7 Å². The molecule has 0 saturated carbocycles. The molecule has 0 amide bonds. The van der Waals surface area contributed by atoms with Crippen LogP contribution in [0.25, 0.3) is 0 Å². The van der Waals surface area contributed by atoms with Gasteiger partial charge in [0.15, 0.2) is 9.84 Å². The van der Waals surface area contributed by atoms with E-state index in [2.05, 4.69) is 18.8 Å². The van der Waals surface area contributed by atoms with Crippen LogP contribution in [0.5, 0.6) is 0 Å². The summed E-state index contributed by atoms with van der Waals surface area (Å²) in [5.41, 5.74) is 0. The van der Waals surface area contributed by atoms with E-state index >= 15 is 0 Å². The van der Waals surface area contributed by atoms with Gasteiger partial charge >= 0.3 is 0 Å². The summed E-state index contributed by atoms with van der Waals surface area (Å²) in [6.07, 6.45) is 4.61. The summed E-state index contributed by atoms with van der Waals surface area (Å²) in [5.74, 6) is 0.987. The number of hydrogen-bond acceptors (Lipinski definition) is 3. The fourth-order valence-corrected chi connectivity index (χ4v) is 3.97. The Morgan fingerprint density at radius 1 is 1.60 bits per heavy atom. The van der Waals surface area contributed by atoms with Crippen molar-refractivity contribution >= 4 is 9.84 Å². The molecule has 0 aromatic rings. The van der Waals surface area contributed by atoms with Crippen molar-refractivity contribution in [3.8, 4) is 0 Å². The van der Waals surface area contributed by atoms with Gasteiger partial charge in [-0.2, -0.15) is 0 Å². The highest BCUT2D eigenvalue weighted by Gasteiger charge is 2.32. The summed E-state index contributed by atoms with van der Waals surface area (Å²) in [5, 5.41) is 3.41. The molecule has 1 aliphatic rings. The number of sulfone groups is 1. The molecule has 1 saturated heterocycles. The molecule has 0 aromatic carbocycles. The molecule has 2 unspecified atom stereocenters. The lowest BCUT2D eigenvalue weighted by molar-refractivity contribution is 0.384. The van der Waals surface area contributed by atoms with E-state index in [4.69, 9.17) is 0 Å². The third kappa shape index (κ3) is 3.95. The van der Waals surface area contributed by atoms with Gasteiger partial charge in [-0.1, -0.05) is 13.0 Å². The molecule has 1 aliphatic heterocycles. The average molecular weight is 231 g/mol. The lowest BCUT2D eigenvalue weighted by Gasteiger charge is -2.22. The number of rotatable bonds is 6. The van der Waals surface area contributed by atoms with E-state index in [0.717, 1.165) is 25.8 Å². The fraction of sp³-hybridized carbons (Fsp3) is 0.818. The molecule has 1 rings (SSSR count). The predicted molar refractivity (Wildman–Crippen MR) is 63.7 cm³/mol. The maximum atomic E-state index is 11.4. The average Bonchev–Trinajstić information content (AvgIpc) is 2.53. The zero-order valence-corrected chi connectivity index (χ0v) is 10.2. The highest BCUT2D eigenvalue weighted by atomic mass is 32.2. The maximum Gasteiger partial charge on any atom is 0.150 e. The molecule has 3 nitrogen and oxygen atoms in total. The van der Waals surface area contributed by atoms with E-state index in [1.165, 1.54) is 0 Å². The smallest absolute Gasteiger partial charge is 0.150 e.